The molecule has 0 spiro atoms. The SMILES string of the molecule is CCCSc1ccccc1NC(=O)CNC(=O)C(C)(C)SCc1ccc(OC)cc1. The van der Waals surface area contributed by atoms with Gasteiger partial charge in [0.15, 0.2) is 0 Å². The molecule has 2 rings (SSSR count). The molecule has 0 atom stereocenters. The van der Waals surface area contributed by atoms with Crippen molar-refractivity contribution in [1.29, 1.82) is 0 Å². The van der Waals surface area contributed by atoms with E-state index in [1.54, 1.807) is 18.9 Å². The molecule has 0 aliphatic heterocycles. The Morgan fingerprint density at radius 3 is 2.43 bits per heavy atom. The number of methoxy groups -OCH3 is 1. The minimum Gasteiger partial charge on any atom is -0.497 e. The summed E-state index contributed by atoms with van der Waals surface area (Å²) in [6.45, 7) is 5.80. The average molecular weight is 447 g/mol. The zero-order valence-corrected chi connectivity index (χ0v) is 19.6. The smallest absolute Gasteiger partial charge is 0.243 e. The highest BCUT2D eigenvalue weighted by atomic mass is 32.2. The maximum atomic E-state index is 12.6. The van der Waals surface area contributed by atoms with Crippen LogP contribution in [0.5, 0.6) is 5.75 Å². The second-order valence-corrected chi connectivity index (χ2v) is 9.96. The van der Waals surface area contributed by atoms with Gasteiger partial charge in [0, 0.05) is 10.6 Å². The predicted octanol–water partition coefficient (Wildman–Crippen LogP) is 4.96. The van der Waals surface area contributed by atoms with Crippen molar-refractivity contribution in [2.45, 2.75) is 42.6 Å². The van der Waals surface area contributed by atoms with Crippen molar-refractivity contribution < 1.29 is 14.3 Å². The molecule has 0 fully saturated rings. The molecule has 0 saturated heterocycles. The van der Waals surface area contributed by atoms with Crippen LogP contribution in [0.4, 0.5) is 5.69 Å². The van der Waals surface area contributed by atoms with Crippen LogP contribution in [0, 0.1) is 0 Å². The van der Waals surface area contributed by atoms with Crippen LogP contribution < -0.4 is 15.4 Å². The fourth-order valence-corrected chi connectivity index (χ4v) is 4.32. The van der Waals surface area contributed by atoms with Gasteiger partial charge in [0.25, 0.3) is 0 Å². The minimum absolute atomic E-state index is 0.0574. The number of carbonyl (C=O) groups excluding carboxylic acids is 2. The van der Waals surface area contributed by atoms with Gasteiger partial charge in [-0.2, -0.15) is 0 Å². The lowest BCUT2D eigenvalue weighted by Gasteiger charge is -2.23. The molecule has 30 heavy (non-hydrogen) atoms. The number of anilines is 1. The largest absolute Gasteiger partial charge is 0.497 e. The fourth-order valence-electron chi connectivity index (χ4n) is 2.53. The summed E-state index contributed by atoms with van der Waals surface area (Å²) in [7, 11) is 1.63. The lowest BCUT2D eigenvalue weighted by Crippen LogP contribution is -2.43. The molecule has 0 aliphatic carbocycles. The maximum absolute atomic E-state index is 12.6. The molecule has 7 heteroatoms. The summed E-state index contributed by atoms with van der Waals surface area (Å²) in [6, 6.07) is 15.5. The highest BCUT2D eigenvalue weighted by Crippen LogP contribution is 2.29. The van der Waals surface area contributed by atoms with Gasteiger partial charge < -0.3 is 15.4 Å². The van der Waals surface area contributed by atoms with Gasteiger partial charge in [-0.1, -0.05) is 31.2 Å². The summed E-state index contributed by atoms with van der Waals surface area (Å²) >= 11 is 3.24. The lowest BCUT2D eigenvalue weighted by atomic mass is 10.2. The summed E-state index contributed by atoms with van der Waals surface area (Å²) in [4.78, 5) is 26.0. The summed E-state index contributed by atoms with van der Waals surface area (Å²) in [5, 5.41) is 5.66. The molecule has 2 amide bonds. The van der Waals surface area contributed by atoms with Gasteiger partial charge >= 0.3 is 0 Å². The normalized spacial score (nSPS) is 11.1. The Morgan fingerprint density at radius 2 is 1.77 bits per heavy atom. The molecule has 0 radical (unpaired) electrons. The predicted molar refractivity (Wildman–Crippen MR) is 127 cm³/mol. The first-order valence-electron chi connectivity index (χ1n) is 9.92. The number of carbonyl (C=O) groups is 2. The third kappa shape index (κ3) is 7.61. The molecule has 2 aromatic rings. The molecular weight excluding hydrogens is 416 g/mol. The molecule has 2 aromatic carbocycles. The van der Waals surface area contributed by atoms with E-state index in [0.29, 0.717) is 5.75 Å². The molecule has 5 nitrogen and oxygen atoms in total. The van der Waals surface area contributed by atoms with Crippen molar-refractivity contribution >= 4 is 41.0 Å². The van der Waals surface area contributed by atoms with Crippen LogP contribution in [0.2, 0.25) is 0 Å². The molecule has 0 aliphatic rings. The summed E-state index contributed by atoms with van der Waals surface area (Å²) < 4.78 is 4.51. The first-order valence-corrected chi connectivity index (χ1v) is 11.9. The van der Waals surface area contributed by atoms with E-state index >= 15 is 0 Å². The fraction of sp³-hybridized carbons (Fsp3) is 0.391. The van der Waals surface area contributed by atoms with Crippen LogP contribution in [-0.2, 0) is 15.3 Å². The van der Waals surface area contributed by atoms with E-state index in [4.69, 9.17) is 4.74 Å². The molecule has 162 valence electrons. The van der Waals surface area contributed by atoms with Crippen LogP contribution >= 0.6 is 23.5 Å². The van der Waals surface area contributed by atoms with Gasteiger partial charge in [-0.25, -0.2) is 0 Å². The van der Waals surface area contributed by atoms with E-state index in [1.165, 1.54) is 11.8 Å². The maximum Gasteiger partial charge on any atom is 0.243 e. The molecule has 0 aromatic heterocycles. The van der Waals surface area contributed by atoms with Crippen LogP contribution in [0.1, 0.15) is 32.8 Å². The lowest BCUT2D eigenvalue weighted by molar-refractivity contribution is -0.125. The Kier molecular flexibility index (Phi) is 9.59. The summed E-state index contributed by atoms with van der Waals surface area (Å²) in [5.41, 5.74) is 1.89. The topological polar surface area (TPSA) is 67.4 Å². The number of nitrogens with one attached hydrogen (secondary N) is 2. The minimum atomic E-state index is -0.658. The first-order chi connectivity index (χ1) is 14.4. The molecule has 0 heterocycles. The average Bonchev–Trinajstić information content (AvgIpc) is 2.75. The van der Waals surface area contributed by atoms with Crippen molar-refractivity contribution in [3.05, 3.63) is 54.1 Å². The quantitative estimate of drug-likeness (QED) is 0.477. The van der Waals surface area contributed by atoms with Crippen molar-refractivity contribution in [3.63, 3.8) is 0 Å². The van der Waals surface area contributed by atoms with E-state index in [0.717, 1.165) is 34.1 Å². The first kappa shape index (κ1) is 24.2. The number of thioether (sulfide) groups is 2. The Morgan fingerprint density at radius 1 is 1.07 bits per heavy atom. The van der Waals surface area contributed by atoms with Crippen LogP contribution in [-0.4, -0.2) is 36.0 Å². The number of ether oxygens (including phenoxy) is 1. The van der Waals surface area contributed by atoms with Crippen molar-refractivity contribution in [1.82, 2.24) is 5.32 Å². The van der Waals surface area contributed by atoms with Gasteiger partial charge in [-0.3, -0.25) is 9.59 Å². The van der Waals surface area contributed by atoms with E-state index in [2.05, 4.69) is 17.6 Å². The summed E-state index contributed by atoms with van der Waals surface area (Å²) in [6.07, 6.45) is 1.06. The second-order valence-electron chi connectivity index (χ2n) is 7.22. The zero-order valence-electron chi connectivity index (χ0n) is 18.0. The van der Waals surface area contributed by atoms with Gasteiger partial charge in [-0.15, -0.1) is 23.5 Å². The number of rotatable bonds is 11. The van der Waals surface area contributed by atoms with Gasteiger partial charge in [-0.05, 0) is 55.9 Å². The monoisotopic (exact) mass is 446 g/mol. The number of amides is 2. The number of para-hydroxylation sites is 1. The third-order valence-corrected chi connectivity index (χ3v) is 7.00. The van der Waals surface area contributed by atoms with Crippen LogP contribution in [0.15, 0.2) is 53.4 Å². The van der Waals surface area contributed by atoms with Gasteiger partial charge in [0.05, 0.1) is 24.1 Å². The van der Waals surface area contributed by atoms with E-state index in [-0.39, 0.29) is 18.4 Å². The van der Waals surface area contributed by atoms with Crippen molar-refractivity contribution in [2.75, 3.05) is 24.7 Å². The Bertz CT molecular complexity index is 839. The second kappa shape index (κ2) is 11.9. The number of hydrogen-bond donors (Lipinski definition) is 2. The van der Waals surface area contributed by atoms with Crippen LogP contribution in [0.25, 0.3) is 0 Å². The summed E-state index contributed by atoms with van der Waals surface area (Å²) in [5.74, 6) is 2.09. The molecule has 0 unspecified atom stereocenters. The Labute approximate surface area is 187 Å². The number of benzene rings is 2. The highest BCUT2D eigenvalue weighted by Gasteiger charge is 2.28. The van der Waals surface area contributed by atoms with Gasteiger partial charge in [0.1, 0.15) is 5.75 Å². The zero-order chi connectivity index (χ0) is 22.0. The molecule has 2 N–H and O–H groups in total. The standard InChI is InChI=1S/C23H30N2O3S2/c1-5-14-29-20-9-7-6-8-19(20)25-21(26)15-24-22(27)23(2,3)30-16-17-10-12-18(28-4)13-11-17/h6-13H,5,14-16H2,1-4H3,(H,24,27)(H,25,26). The van der Waals surface area contributed by atoms with E-state index in [9.17, 15) is 9.59 Å². The van der Waals surface area contributed by atoms with Gasteiger partial charge in [0.2, 0.25) is 11.8 Å². The Balaban J connectivity index is 1.83. The van der Waals surface area contributed by atoms with Crippen molar-refractivity contribution in [2.24, 2.45) is 0 Å². The molecule has 0 saturated carbocycles. The van der Waals surface area contributed by atoms with E-state index in [1.807, 2.05) is 62.4 Å². The van der Waals surface area contributed by atoms with E-state index < -0.39 is 4.75 Å². The highest BCUT2D eigenvalue weighted by molar-refractivity contribution is 8.00. The molecule has 0 bridgehead atoms. The van der Waals surface area contributed by atoms with Crippen LogP contribution in [0.3, 0.4) is 0 Å². The number of hydrogen-bond acceptors (Lipinski definition) is 5. The van der Waals surface area contributed by atoms with Crippen molar-refractivity contribution in [3.8, 4) is 5.75 Å². The Hall–Kier alpha value is -2.12. The third-order valence-electron chi connectivity index (χ3n) is 4.34. The molecular formula is C23H30N2O3S2.